The smallest absolute Gasteiger partial charge is 0.354 e. The fourth-order valence-corrected chi connectivity index (χ4v) is 1.63. The summed E-state index contributed by atoms with van der Waals surface area (Å²) in [5, 5.41) is 15.2. The first kappa shape index (κ1) is 11.2. The van der Waals surface area contributed by atoms with E-state index in [2.05, 4.69) is 10.2 Å². The lowest BCUT2D eigenvalue weighted by Gasteiger charge is -2.03. The van der Waals surface area contributed by atoms with Gasteiger partial charge in [0.05, 0.1) is 13.3 Å². The molecule has 2 N–H and O–H groups in total. The Bertz CT molecular complexity index is 534. The molecule has 17 heavy (non-hydrogen) atoms. The van der Waals surface area contributed by atoms with Crippen molar-refractivity contribution in [2.24, 2.45) is 0 Å². The fourth-order valence-electron chi connectivity index (χ4n) is 1.63. The van der Waals surface area contributed by atoms with E-state index in [-0.39, 0.29) is 5.69 Å². The van der Waals surface area contributed by atoms with Gasteiger partial charge in [-0.2, -0.15) is 5.10 Å². The van der Waals surface area contributed by atoms with Crippen LogP contribution in [0.2, 0.25) is 0 Å². The third-order valence-electron chi connectivity index (χ3n) is 2.46. The van der Waals surface area contributed by atoms with Crippen LogP contribution in [0.5, 0.6) is 5.75 Å². The predicted molar refractivity (Wildman–Crippen MR) is 61.3 cm³/mol. The van der Waals surface area contributed by atoms with Gasteiger partial charge >= 0.3 is 5.97 Å². The highest BCUT2D eigenvalue weighted by Gasteiger charge is 2.12. The molecule has 1 aromatic heterocycles. The van der Waals surface area contributed by atoms with E-state index in [0.717, 1.165) is 11.3 Å². The second-order valence-electron chi connectivity index (χ2n) is 3.60. The van der Waals surface area contributed by atoms with Crippen molar-refractivity contribution in [2.75, 3.05) is 7.11 Å². The van der Waals surface area contributed by atoms with Crippen molar-refractivity contribution in [3.8, 4) is 5.75 Å². The minimum absolute atomic E-state index is 0.132. The van der Waals surface area contributed by atoms with Crippen LogP contribution in [-0.4, -0.2) is 28.4 Å². The Morgan fingerprint density at radius 1 is 1.53 bits per heavy atom. The number of rotatable bonds is 4. The lowest BCUT2D eigenvalue weighted by Crippen LogP contribution is -2.02. The number of aromatic carboxylic acids is 1. The number of carbonyl (C=O) groups is 1. The lowest BCUT2D eigenvalue weighted by molar-refractivity contribution is 0.0689. The number of aromatic nitrogens is 2. The van der Waals surface area contributed by atoms with Crippen LogP contribution in [0.15, 0.2) is 30.5 Å². The molecule has 1 heterocycles. The molecule has 0 amide bonds. The van der Waals surface area contributed by atoms with Gasteiger partial charge in [-0.3, -0.25) is 5.10 Å². The number of ether oxygens (including phenoxy) is 1. The number of nitrogens with one attached hydrogen (secondary N) is 1. The number of nitrogens with zero attached hydrogens (tertiary/aromatic N) is 1. The minimum Gasteiger partial charge on any atom is -0.497 e. The van der Waals surface area contributed by atoms with Gasteiger partial charge in [-0.25, -0.2) is 4.79 Å². The van der Waals surface area contributed by atoms with Crippen molar-refractivity contribution < 1.29 is 14.6 Å². The molecule has 1 aromatic carbocycles. The van der Waals surface area contributed by atoms with Crippen LogP contribution < -0.4 is 4.74 Å². The maximum Gasteiger partial charge on any atom is 0.354 e. The molecule has 0 unspecified atom stereocenters. The van der Waals surface area contributed by atoms with Crippen LogP contribution in [0.1, 0.15) is 21.6 Å². The van der Waals surface area contributed by atoms with Crippen molar-refractivity contribution in [3.63, 3.8) is 0 Å². The van der Waals surface area contributed by atoms with E-state index in [4.69, 9.17) is 9.84 Å². The molecule has 0 bridgehead atoms. The van der Waals surface area contributed by atoms with E-state index in [1.54, 1.807) is 7.11 Å². The molecule has 5 heteroatoms. The van der Waals surface area contributed by atoms with E-state index >= 15 is 0 Å². The highest BCUT2D eigenvalue weighted by molar-refractivity contribution is 5.87. The Hall–Kier alpha value is -2.30. The molecule has 0 radical (unpaired) electrons. The van der Waals surface area contributed by atoms with Crippen molar-refractivity contribution >= 4 is 5.97 Å². The Balaban J connectivity index is 2.25. The van der Waals surface area contributed by atoms with E-state index in [1.807, 2.05) is 24.3 Å². The van der Waals surface area contributed by atoms with E-state index in [0.29, 0.717) is 12.0 Å². The Morgan fingerprint density at radius 3 is 3.06 bits per heavy atom. The summed E-state index contributed by atoms with van der Waals surface area (Å²) in [4.78, 5) is 10.9. The van der Waals surface area contributed by atoms with Crippen molar-refractivity contribution in [1.29, 1.82) is 0 Å². The molecule has 0 aliphatic carbocycles. The monoisotopic (exact) mass is 232 g/mol. The lowest BCUT2D eigenvalue weighted by atomic mass is 10.1. The van der Waals surface area contributed by atoms with Crippen molar-refractivity contribution in [3.05, 3.63) is 47.3 Å². The number of carboxylic acid groups (broad SMARTS) is 1. The number of methoxy groups -OCH3 is 1. The molecule has 2 rings (SSSR count). The molecule has 2 aromatic rings. The molecule has 88 valence electrons. The average Bonchev–Trinajstić information content (AvgIpc) is 2.77. The average molecular weight is 232 g/mol. The molecular weight excluding hydrogens is 220 g/mol. The first-order valence-corrected chi connectivity index (χ1v) is 5.09. The zero-order valence-corrected chi connectivity index (χ0v) is 9.30. The van der Waals surface area contributed by atoms with Gasteiger partial charge in [-0.1, -0.05) is 12.1 Å². The largest absolute Gasteiger partial charge is 0.497 e. The molecule has 0 saturated carbocycles. The molecule has 0 spiro atoms. The van der Waals surface area contributed by atoms with E-state index in [9.17, 15) is 4.79 Å². The summed E-state index contributed by atoms with van der Waals surface area (Å²) < 4.78 is 5.11. The number of benzene rings is 1. The molecule has 0 fully saturated rings. The number of aromatic amines is 1. The second-order valence-corrected chi connectivity index (χ2v) is 3.60. The summed E-state index contributed by atoms with van der Waals surface area (Å²) >= 11 is 0. The zero-order valence-electron chi connectivity index (χ0n) is 9.30. The number of hydrogen-bond acceptors (Lipinski definition) is 3. The molecular formula is C12H12N2O3. The maximum atomic E-state index is 10.9. The standard InChI is InChI=1S/C12H12N2O3/c1-17-10-4-2-3-8(6-10)5-9-7-13-14-11(9)12(15)16/h2-4,6-7H,5H2,1H3,(H,13,14)(H,15,16). The molecule has 0 atom stereocenters. The van der Waals surface area contributed by atoms with Gasteiger partial charge in [0, 0.05) is 12.0 Å². The normalized spacial score (nSPS) is 10.2. The topological polar surface area (TPSA) is 75.2 Å². The van der Waals surface area contributed by atoms with E-state index in [1.165, 1.54) is 6.20 Å². The Kier molecular flexibility index (Phi) is 3.09. The summed E-state index contributed by atoms with van der Waals surface area (Å²) in [6.45, 7) is 0. The predicted octanol–water partition coefficient (Wildman–Crippen LogP) is 1.71. The van der Waals surface area contributed by atoms with Crippen LogP contribution in [0.25, 0.3) is 0 Å². The van der Waals surface area contributed by atoms with Gasteiger partial charge in [0.2, 0.25) is 0 Å². The molecule has 0 saturated heterocycles. The summed E-state index contributed by atoms with van der Waals surface area (Å²) in [6.07, 6.45) is 2.04. The number of H-pyrrole nitrogens is 1. The SMILES string of the molecule is COc1cccc(Cc2cn[nH]c2C(=O)O)c1. The Morgan fingerprint density at radius 2 is 2.35 bits per heavy atom. The first-order valence-electron chi connectivity index (χ1n) is 5.09. The van der Waals surface area contributed by atoms with Crippen molar-refractivity contribution in [2.45, 2.75) is 6.42 Å². The number of hydrogen-bond donors (Lipinski definition) is 2. The van der Waals surface area contributed by atoms with Crippen LogP contribution in [0, 0.1) is 0 Å². The van der Waals surface area contributed by atoms with Gasteiger partial charge in [-0.15, -0.1) is 0 Å². The van der Waals surface area contributed by atoms with Crippen molar-refractivity contribution in [1.82, 2.24) is 10.2 Å². The highest BCUT2D eigenvalue weighted by atomic mass is 16.5. The summed E-state index contributed by atoms with van der Waals surface area (Å²) in [6, 6.07) is 7.51. The minimum atomic E-state index is -1.000. The van der Waals surface area contributed by atoms with Crippen LogP contribution >= 0.6 is 0 Å². The molecule has 5 nitrogen and oxygen atoms in total. The maximum absolute atomic E-state index is 10.9. The summed E-state index contributed by atoms with van der Waals surface area (Å²) in [7, 11) is 1.60. The third-order valence-corrected chi connectivity index (χ3v) is 2.46. The van der Waals surface area contributed by atoms with Gasteiger partial charge < -0.3 is 9.84 Å². The Labute approximate surface area is 98.0 Å². The van der Waals surface area contributed by atoms with Gasteiger partial charge in [0.1, 0.15) is 11.4 Å². The van der Waals surface area contributed by atoms with Gasteiger partial charge in [-0.05, 0) is 17.7 Å². The number of carboxylic acids is 1. The third kappa shape index (κ3) is 2.44. The molecule has 0 aliphatic heterocycles. The van der Waals surface area contributed by atoms with Crippen LogP contribution in [0.4, 0.5) is 0 Å². The van der Waals surface area contributed by atoms with E-state index < -0.39 is 5.97 Å². The summed E-state index contributed by atoms with van der Waals surface area (Å²) in [5.41, 5.74) is 1.77. The second kappa shape index (κ2) is 4.69. The summed E-state index contributed by atoms with van der Waals surface area (Å²) in [5.74, 6) is -0.247. The highest BCUT2D eigenvalue weighted by Crippen LogP contribution is 2.17. The van der Waals surface area contributed by atoms with Crippen LogP contribution in [-0.2, 0) is 6.42 Å². The van der Waals surface area contributed by atoms with Crippen LogP contribution in [0.3, 0.4) is 0 Å². The fraction of sp³-hybridized carbons (Fsp3) is 0.167. The zero-order chi connectivity index (χ0) is 12.3. The molecule has 0 aliphatic rings. The van der Waals surface area contributed by atoms with Gasteiger partial charge in [0.15, 0.2) is 0 Å². The quantitative estimate of drug-likeness (QED) is 0.841. The first-order chi connectivity index (χ1) is 8.20. The van der Waals surface area contributed by atoms with Gasteiger partial charge in [0.25, 0.3) is 0 Å².